The molecular weight excluding hydrogens is 778 g/mol. The van der Waals surface area contributed by atoms with Gasteiger partial charge in [-0.05, 0) is 56.5 Å². The van der Waals surface area contributed by atoms with E-state index in [4.69, 9.17) is 23.7 Å². The van der Waals surface area contributed by atoms with E-state index >= 15 is 4.79 Å². The number of Topliss-reactive ketones (excluding diaryl/α,β-unsaturated/α-hetero) is 1. The van der Waals surface area contributed by atoms with Crippen LogP contribution in [0.4, 0.5) is 0 Å². The third-order valence-corrected chi connectivity index (χ3v) is 13.2. The van der Waals surface area contributed by atoms with E-state index in [-0.39, 0.29) is 29.7 Å². The van der Waals surface area contributed by atoms with Crippen LogP contribution in [0.15, 0.2) is 83.5 Å². The van der Waals surface area contributed by atoms with Gasteiger partial charge in [0, 0.05) is 37.7 Å². The SMILES string of the molecule is C/C=C(/C)C(=O)N[C@@H](c1ccccc1)[C@@H](O)C(=O)O[C@H]1C[C@@]2(O)[C@@H](OC(=O)c3ccccc3)C3[C@](C)(C(=O)[C@H](OC(C)=O)C(=C1C)C2(C)C)[C@@H](O)C[C@H]1OC[C@@]31OC(C)=O. The van der Waals surface area contributed by atoms with E-state index in [9.17, 15) is 39.3 Å². The van der Waals surface area contributed by atoms with Crippen molar-refractivity contribution < 1.29 is 67.8 Å². The van der Waals surface area contributed by atoms with Crippen LogP contribution in [0.25, 0.3) is 0 Å². The van der Waals surface area contributed by atoms with Gasteiger partial charge >= 0.3 is 23.9 Å². The first-order chi connectivity index (χ1) is 28.1. The Hall–Kier alpha value is -5.22. The van der Waals surface area contributed by atoms with Crippen LogP contribution in [-0.2, 0) is 47.7 Å². The van der Waals surface area contributed by atoms with Crippen LogP contribution in [0.5, 0.6) is 0 Å². The molecule has 1 amide bonds. The van der Waals surface area contributed by atoms with Crippen molar-refractivity contribution in [2.24, 2.45) is 16.7 Å². The quantitative estimate of drug-likeness (QED) is 0.117. The van der Waals surface area contributed by atoms with Gasteiger partial charge in [0.1, 0.15) is 23.9 Å². The molecule has 322 valence electrons. The van der Waals surface area contributed by atoms with E-state index in [0.717, 1.165) is 13.8 Å². The van der Waals surface area contributed by atoms with Crippen molar-refractivity contribution in [3.63, 3.8) is 0 Å². The number of rotatable bonds is 10. The summed E-state index contributed by atoms with van der Waals surface area (Å²) in [6.45, 7) is 11.2. The van der Waals surface area contributed by atoms with Gasteiger partial charge in [-0.15, -0.1) is 0 Å². The van der Waals surface area contributed by atoms with E-state index in [1.807, 2.05) is 0 Å². The largest absolute Gasteiger partial charge is 0.456 e. The highest BCUT2D eigenvalue weighted by Crippen LogP contribution is 2.64. The number of benzene rings is 2. The Morgan fingerprint density at radius 2 is 1.53 bits per heavy atom. The van der Waals surface area contributed by atoms with Gasteiger partial charge in [-0.3, -0.25) is 19.2 Å². The molecule has 1 aliphatic heterocycles. The van der Waals surface area contributed by atoms with Crippen LogP contribution >= 0.6 is 0 Å². The van der Waals surface area contributed by atoms with Crippen LogP contribution in [-0.4, -0.2) is 105 Å². The van der Waals surface area contributed by atoms with Gasteiger partial charge in [0.05, 0.1) is 35.6 Å². The number of carbonyl (C=O) groups excluding carboxylic acids is 6. The molecule has 2 aromatic carbocycles. The first kappa shape index (κ1) is 44.3. The van der Waals surface area contributed by atoms with Crippen LogP contribution in [0, 0.1) is 16.7 Å². The molecule has 0 radical (unpaired) electrons. The minimum Gasteiger partial charge on any atom is -0.456 e. The first-order valence-electron chi connectivity index (χ1n) is 19.9. The molecule has 11 atom stereocenters. The van der Waals surface area contributed by atoms with E-state index in [0.29, 0.717) is 11.1 Å². The average Bonchev–Trinajstić information content (AvgIpc) is 3.20. The zero-order valence-corrected chi connectivity index (χ0v) is 34.9. The lowest BCUT2D eigenvalue weighted by Crippen LogP contribution is -2.82. The standard InChI is InChI=1S/C45H53NO14/c1-9-23(2)39(52)46-33(27-16-12-10-13-17-27)34(50)41(54)58-29-21-45(55)38(59-40(53)28-18-14-11-15-19-28)36-43(8,30(49)20-31-44(36,22-56-31)60-26(5)48)37(51)35(57-25(4)47)32(24(29)3)42(45,6)7/h9-19,29-31,33-36,38,49-50,55H,20-22H2,1-8H3,(H,46,52)/b23-9-/t29-,30-,31+,33-,34+,35+,36?,38-,43+,44-,45+/m0/s1. The number of ether oxygens (including phenoxy) is 5. The second-order valence-corrected chi connectivity index (χ2v) is 17.0. The first-order valence-corrected chi connectivity index (χ1v) is 19.9. The van der Waals surface area contributed by atoms with Crippen LogP contribution in [0.3, 0.4) is 0 Å². The summed E-state index contributed by atoms with van der Waals surface area (Å²) in [4.78, 5) is 82.9. The summed E-state index contributed by atoms with van der Waals surface area (Å²) in [5.41, 5.74) is -6.91. The highest BCUT2D eigenvalue weighted by Gasteiger charge is 2.78. The smallest absolute Gasteiger partial charge is 0.338 e. The Kier molecular flexibility index (Phi) is 12.1. The molecule has 4 aliphatic rings. The number of ketones is 1. The fraction of sp³-hybridized carbons (Fsp3) is 0.511. The van der Waals surface area contributed by atoms with Gasteiger partial charge in [0.15, 0.2) is 23.6 Å². The topological polar surface area (TPSA) is 221 Å². The van der Waals surface area contributed by atoms with Gasteiger partial charge < -0.3 is 44.3 Å². The monoisotopic (exact) mass is 831 g/mol. The number of esters is 4. The van der Waals surface area contributed by atoms with E-state index < -0.39 is 113 Å². The molecule has 1 heterocycles. The maximum absolute atomic E-state index is 15.4. The summed E-state index contributed by atoms with van der Waals surface area (Å²) in [6.07, 6.45) is -8.88. The number of carbonyl (C=O) groups is 6. The Morgan fingerprint density at radius 3 is 2.08 bits per heavy atom. The number of allylic oxidation sites excluding steroid dienone is 1. The molecule has 2 bridgehead atoms. The van der Waals surface area contributed by atoms with E-state index in [2.05, 4.69) is 5.32 Å². The lowest BCUT2D eigenvalue weighted by Gasteiger charge is -2.67. The lowest BCUT2D eigenvalue weighted by molar-refractivity contribution is -0.346. The minimum atomic E-state index is -2.38. The molecule has 60 heavy (non-hydrogen) atoms. The Balaban J connectivity index is 1.56. The van der Waals surface area contributed by atoms with Crippen molar-refractivity contribution in [1.82, 2.24) is 5.32 Å². The van der Waals surface area contributed by atoms with Crippen molar-refractivity contribution in [3.05, 3.63) is 94.6 Å². The minimum absolute atomic E-state index is 0.00140. The summed E-state index contributed by atoms with van der Waals surface area (Å²) in [6, 6.07) is 14.8. The molecule has 15 nitrogen and oxygen atoms in total. The Morgan fingerprint density at radius 1 is 0.917 bits per heavy atom. The number of aliphatic hydroxyl groups is 3. The molecule has 4 N–H and O–H groups in total. The van der Waals surface area contributed by atoms with Gasteiger partial charge in [0.25, 0.3) is 0 Å². The van der Waals surface area contributed by atoms with Crippen LogP contribution in [0.1, 0.15) is 90.2 Å². The molecular formula is C45H53NO14. The molecule has 1 saturated heterocycles. The molecule has 2 aromatic rings. The predicted octanol–water partition coefficient (Wildman–Crippen LogP) is 3.39. The number of fused-ring (bicyclic) bond motifs is 5. The molecule has 3 aliphatic carbocycles. The summed E-state index contributed by atoms with van der Waals surface area (Å²) in [5.74, 6) is -6.78. The summed E-state index contributed by atoms with van der Waals surface area (Å²) in [7, 11) is 0. The molecule has 3 fully saturated rings. The number of aliphatic hydroxyl groups excluding tert-OH is 2. The number of hydrogen-bond donors (Lipinski definition) is 4. The van der Waals surface area contributed by atoms with Gasteiger partial charge in [-0.2, -0.15) is 0 Å². The van der Waals surface area contributed by atoms with E-state index in [1.165, 1.54) is 26.0 Å². The van der Waals surface area contributed by atoms with E-state index in [1.54, 1.807) is 82.3 Å². The summed E-state index contributed by atoms with van der Waals surface area (Å²) >= 11 is 0. The summed E-state index contributed by atoms with van der Waals surface area (Å²) in [5, 5.41) is 40.0. The van der Waals surface area contributed by atoms with Gasteiger partial charge in [-0.25, -0.2) is 9.59 Å². The third kappa shape index (κ3) is 7.24. The van der Waals surface area contributed by atoms with Gasteiger partial charge in [-0.1, -0.05) is 68.5 Å². The second-order valence-electron chi connectivity index (χ2n) is 17.0. The molecule has 15 heteroatoms. The van der Waals surface area contributed by atoms with Crippen molar-refractivity contribution in [2.45, 2.75) is 122 Å². The molecule has 2 saturated carbocycles. The average molecular weight is 832 g/mol. The highest BCUT2D eigenvalue weighted by atomic mass is 16.6. The third-order valence-electron chi connectivity index (χ3n) is 13.2. The molecule has 0 aromatic heterocycles. The van der Waals surface area contributed by atoms with Crippen LogP contribution < -0.4 is 5.32 Å². The van der Waals surface area contributed by atoms with Crippen LogP contribution in [0.2, 0.25) is 0 Å². The lowest BCUT2D eigenvalue weighted by atomic mass is 9.44. The van der Waals surface area contributed by atoms with Crippen molar-refractivity contribution in [2.75, 3.05) is 6.61 Å². The molecule has 1 unspecified atom stereocenters. The maximum atomic E-state index is 15.4. The predicted molar refractivity (Wildman–Crippen MR) is 211 cm³/mol. The maximum Gasteiger partial charge on any atom is 0.338 e. The Bertz CT molecular complexity index is 2110. The normalized spacial score (nSPS) is 32.9. The zero-order chi connectivity index (χ0) is 44.1. The second kappa shape index (κ2) is 16.3. The van der Waals surface area contributed by atoms with Crippen molar-refractivity contribution >= 4 is 35.6 Å². The highest BCUT2D eigenvalue weighted by molar-refractivity contribution is 5.96. The fourth-order valence-electron chi connectivity index (χ4n) is 9.75. The molecule has 0 spiro atoms. The summed E-state index contributed by atoms with van der Waals surface area (Å²) < 4.78 is 30.2. The van der Waals surface area contributed by atoms with Gasteiger partial charge in [0.2, 0.25) is 5.91 Å². The number of nitrogens with one attached hydrogen (secondary N) is 1. The van der Waals surface area contributed by atoms with Crippen molar-refractivity contribution in [1.29, 1.82) is 0 Å². The zero-order valence-electron chi connectivity index (χ0n) is 34.9. The molecule has 6 rings (SSSR count). The fourth-order valence-corrected chi connectivity index (χ4v) is 9.75. The Labute approximate surface area is 348 Å². The van der Waals surface area contributed by atoms with Crippen molar-refractivity contribution in [3.8, 4) is 0 Å². The number of hydrogen-bond acceptors (Lipinski definition) is 14. The number of amides is 1.